The number of hydrogen-bond acceptors (Lipinski definition) is 5. The number of nitrogens with one attached hydrogen (secondary N) is 2. The number of carbonyl (C=O) groups is 2. The molecule has 2 atom stereocenters. The van der Waals surface area contributed by atoms with Gasteiger partial charge in [-0.2, -0.15) is 5.10 Å². The van der Waals surface area contributed by atoms with Gasteiger partial charge in [-0.05, 0) is 57.5 Å². The molecule has 0 bridgehead atoms. The number of anilines is 1. The van der Waals surface area contributed by atoms with E-state index in [0.717, 1.165) is 35.5 Å². The van der Waals surface area contributed by atoms with Gasteiger partial charge >= 0.3 is 6.09 Å². The Labute approximate surface area is 189 Å². The number of amides is 2. The normalized spacial score (nSPS) is 17.7. The van der Waals surface area contributed by atoms with Crippen molar-refractivity contribution >= 4 is 30.1 Å². The lowest BCUT2D eigenvalue weighted by Crippen LogP contribution is -2.45. The molecular formula is C22H32ClN5O3. The highest BCUT2D eigenvalue weighted by molar-refractivity contribution is 5.94. The van der Waals surface area contributed by atoms with Crippen LogP contribution in [0.3, 0.4) is 0 Å². The molecule has 3 rings (SSSR count). The predicted octanol–water partition coefficient (Wildman–Crippen LogP) is 3.51. The first kappa shape index (κ1) is 24.7. The zero-order valence-electron chi connectivity index (χ0n) is 18.7. The molecule has 0 saturated heterocycles. The summed E-state index contributed by atoms with van der Waals surface area (Å²) in [6.07, 6.45) is 3.80. The molecule has 8 nitrogen and oxygen atoms in total. The van der Waals surface area contributed by atoms with Crippen LogP contribution < -0.4 is 15.5 Å². The number of alkyl carbamates (subject to hydrolysis) is 1. The zero-order valence-corrected chi connectivity index (χ0v) is 19.5. The van der Waals surface area contributed by atoms with Crippen molar-refractivity contribution in [2.75, 3.05) is 18.5 Å². The average molecular weight is 450 g/mol. The summed E-state index contributed by atoms with van der Waals surface area (Å²) in [6.45, 7) is 8.81. The van der Waals surface area contributed by atoms with Gasteiger partial charge in [0.25, 0.3) is 0 Å². The Balaban J connectivity index is 0.00000341. The van der Waals surface area contributed by atoms with Crippen molar-refractivity contribution in [2.45, 2.75) is 58.8 Å². The molecule has 1 aliphatic heterocycles. The summed E-state index contributed by atoms with van der Waals surface area (Å²) in [5.74, 6) is -0.0143. The summed E-state index contributed by atoms with van der Waals surface area (Å²) < 4.78 is 7.18. The molecule has 0 aliphatic carbocycles. The fourth-order valence-corrected chi connectivity index (χ4v) is 3.91. The number of likely N-dealkylation sites (N-methyl/N-ethyl adjacent to an activating group) is 1. The fourth-order valence-electron chi connectivity index (χ4n) is 3.91. The van der Waals surface area contributed by atoms with E-state index in [4.69, 9.17) is 4.74 Å². The molecule has 31 heavy (non-hydrogen) atoms. The number of carbonyl (C=O) groups excluding carboxylic acids is 2. The standard InChI is InChI=1S/C22H31N5O3.ClH/c1-14(2)30-22(29)25-20-10-15(3)27(16(4)28)21-7-6-17(11-19(20)21)18-12-24-26(13-18)9-8-23-5;/h6-7,11-15,20,23H,8-10H2,1-5H3,(H,25,29);1H/t15-,20+;/m0./s1. The monoisotopic (exact) mass is 449 g/mol. The third-order valence-electron chi connectivity index (χ3n) is 5.21. The lowest BCUT2D eigenvalue weighted by atomic mass is 9.89. The highest BCUT2D eigenvalue weighted by Gasteiger charge is 2.33. The van der Waals surface area contributed by atoms with Crippen LogP contribution in [-0.2, 0) is 16.1 Å². The molecule has 9 heteroatoms. The first-order chi connectivity index (χ1) is 14.3. The Bertz CT molecular complexity index is 914. The van der Waals surface area contributed by atoms with Crippen LogP contribution in [0.2, 0.25) is 0 Å². The fraction of sp³-hybridized carbons (Fsp3) is 0.500. The summed E-state index contributed by atoms with van der Waals surface area (Å²) in [5, 5.41) is 10.5. The van der Waals surface area contributed by atoms with Gasteiger partial charge < -0.3 is 20.3 Å². The third kappa shape index (κ3) is 5.77. The van der Waals surface area contributed by atoms with E-state index in [2.05, 4.69) is 15.7 Å². The van der Waals surface area contributed by atoms with Gasteiger partial charge in [-0.3, -0.25) is 9.48 Å². The Hall–Kier alpha value is -2.58. The Morgan fingerprint density at radius 2 is 2.03 bits per heavy atom. The third-order valence-corrected chi connectivity index (χ3v) is 5.21. The molecule has 0 fully saturated rings. The summed E-state index contributed by atoms with van der Waals surface area (Å²) in [5.41, 5.74) is 3.71. The van der Waals surface area contributed by atoms with Gasteiger partial charge in [0.15, 0.2) is 0 Å². The van der Waals surface area contributed by atoms with Gasteiger partial charge in [-0.25, -0.2) is 4.79 Å². The SMILES string of the molecule is CNCCn1cc(-c2ccc3c(c2)[C@H](NC(=O)OC(C)C)C[C@H](C)N3C(C)=O)cn1.Cl. The molecule has 2 N–H and O–H groups in total. The number of aromatic nitrogens is 2. The van der Waals surface area contributed by atoms with Gasteiger partial charge in [-0.1, -0.05) is 6.07 Å². The van der Waals surface area contributed by atoms with E-state index in [0.29, 0.717) is 6.42 Å². The van der Waals surface area contributed by atoms with Crippen LogP contribution in [0.25, 0.3) is 11.1 Å². The molecule has 2 amide bonds. The molecule has 1 aromatic carbocycles. The van der Waals surface area contributed by atoms with Crippen molar-refractivity contribution in [3.63, 3.8) is 0 Å². The van der Waals surface area contributed by atoms with E-state index >= 15 is 0 Å². The minimum absolute atomic E-state index is 0. The van der Waals surface area contributed by atoms with Crippen LogP contribution in [0.4, 0.5) is 10.5 Å². The van der Waals surface area contributed by atoms with Crippen molar-refractivity contribution in [1.29, 1.82) is 0 Å². The number of halogens is 1. The van der Waals surface area contributed by atoms with E-state index < -0.39 is 6.09 Å². The Morgan fingerprint density at radius 3 is 2.68 bits per heavy atom. The molecule has 170 valence electrons. The lowest BCUT2D eigenvalue weighted by molar-refractivity contribution is -0.117. The first-order valence-electron chi connectivity index (χ1n) is 10.4. The van der Waals surface area contributed by atoms with Crippen molar-refractivity contribution in [2.24, 2.45) is 0 Å². The van der Waals surface area contributed by atoms with E-state index in [9.17, 15) is 9.59 Å². The molecule has 0 spiro atoms. The van der Waals surface area contributed by atoms with Crippen LogP contribution in [0.1, 0.15) is 45.7 Å². The lowest BCUT2D eigenvalue weighted by Gasteiger charge is -2.39. The summed E-state index contributed by atoms with van der Waals surface area (Å²) in [4.78, 5) is 26.4. The second-order valence-corrected chi connectivity index (χ2v) is 7.99. The first-order valence-corrected chi connectivity index (χ1v) is 10.4. The summed E-state index contributed by atoms with van der Waals surface area (Å²) in [6, 6.07) is 5.72. The molecule has 1 aromatic heterocycles. The largest absolute Gasteiger partial charge is 0.447 e. The molecule has 0 saturated carbocycles. The zero-order chi connectivity index (χ0) is 21.8. The molecule has 2 heterocycles. The Kier molecular flexibility index (Phi) is 8.47. The van der Waals surface area contributed by atoms with Crippen LogP contribution >= 0.6 is 12.4 Å². The smallest absolute Gasteiger partial charge is 0.407 e. The highest BCUT2D eigenvalue weighted by Crippen LogP contribution is 2.39. The summed E-state index contributed by atoms with van der Waals surface area (Å²) in [7, 11) is 1.91. The van der Waals surface area contributed by atoms with Crippen molar-refractivity contribution in [3.05, 3.63) is 36.2 Å². The van der Waals surface area contributed by atoms with Crippen molar-refractivity contribution in [1.82, 2.24) is 20.4 Å². The van der Waals surface area contributed by atoms with Crippen LogP contribution in [0.5, 0.6) is 0 Å². The van der Waals surface area contributed by atoms with Gasteiger partial charge in [0.05, 0.1) is 24.9 Å². The molecular weight excluding hydrogens is 418 g/mol. The Morgan fingerprint density at radius 1 is 1.29 bits per heavy atom. The van der Waals surface area contributed by atoms with Crippen molar-refractivity contribution < 1.29 is 14.3 Å². The number of nitrogens with zero attached hydrogens (tertiary/aromatic N) is 3. The van der Waals surface area contributed by atoms with Gasteiger partial charge in [0, 0.05) is 37.0 Å². The van der Waals surface area contributed by atoms with E-state index in [1.807, 2.05) is 63.1 Å². The van der Waals surface area contributed by atoms with Crippen LogP contribution in [0.15, 0.2) is 30.6 Å². The number of fused-ring (bicyclic) bond motifs is 1. The second kappa shape index (κ2) is 10.6. The molecule has 1 aliphatic rings. The maximum Gasteiger partial charge on any atom is 0.407 e. The van der Waals surface area contributed by atoms with Gasteiger partial charge in [0.1, 0.15) is 0 Å². The minimum Gasteiger partial charge on any atom is -0.447 e. The minimum atomic E-state index is -0.449. The number of rotatable bonds is 6. The predicted molar refractivity (Wildman–Crippen MR) is 124 cm³/mol. The quantitative estimate of drug-likeness (QED) is 0.704. The topological polar surface area (TPSA) is 88.5 Å². The maximum atomic E-state index is 12.3. The van der Waals surface area contributed by atoms with Crippen LogP contribution in [0, 0.1) is 0 Å². The van der Waals surface area contributed by atoms with Gasteiger partial charge in [0.2, 0.25) is 5.91 Å². The number of hydrogen-bond donors (Lipinski definition) is 2. The van der Waals surface area contributed by atoms with E-state index in [1.165, 1.54) is 0 Å². The molecule has 0 unspecified atom stereocenters. The molecule has 0 radical (unpaired) electrons. The number of ether oxygens (including phenoxy) is 1. The second-order valence-electron chi connectivity index (χ2n) is 7.99. The maximum absolute atomic E-state index is 12.3. The number of benzene rings is 1. The van der Waals surface area contributed by atoms with Crippen LogP contribution in [-0.4, -0.2) is 47.5 Å². The van der Waals surface area contributed by atoms with Crippen molar-refractivity contribution in [3.8, 4) is 11.1 Å². The summed E-state index contributed by atoms with van der Waals surface area (Å²) >= 11 is 0. The molecule has 2 aromatic rings. The van der Waals surface area contributed by atoms with Gasteiger partial charge in [-0.15, -0.1) is 12.4 Å². The van der Waals surface area contributed by atoms with E-state index in [1.54, 1.807) is 11.8 Å². The van der Waals surface area contributed by atoms with E-state index in [-0.39, 0.29) is 36.5 Å². The average Bonchev–Trinajstić information content (AvgIpc) is 3.14. The highest BCUT2D eigenvalue weighted by atomic mass is 35.5.